The Hall–Kier alpha value is -1.68. The predicted octanol–water partition coefficient (Wildman–Crippen LogP) is 1.42. The van der Waals surface area contributed by atoms with Gasteiger partial charge in [-0.3, -0.25) is 4.79 Å². The lowest BCUT2D eigenvalue weighted by atomic mass is 9.89. The molecule has 1 aromatic carbocycles. The Kier molecular flexibility index (Phi) is 4.40. The summed E-state index contributed by atoms with van der Waals surface area (Å²) in [6.45, 7) is 3.14. The molecule has 0 bridgehead atoms. The largest absolute Gasteiger partial charge is 0.464 e. The van der Waals surface area contributed by atoms with E-state index in [4.69, 9.17) is 4.74 Å². The fourth-order valence-electron chi connectivity index (χ4n) is 1.62. The molecule has 1 atom stereocenters. The molecule has 4 nitrogen and oxygen atoms in total. The quantitative estimate of drug-likeness (QED) is 0.785. The zero-order valence-corrected chi connectivity index (χ0v) is 9.97. The minimum absolute atomic E-state index is 0.159. The molecule has 1 N–H and O–H groups in total. The van der Waals surface area contributed by atoms with Crippen molar-refractivity contribution >= 4 is 11.8 Å². The van der Waals surface area contributed by atoms with E-state index in [9.17, 15) is 14.7 Å². The average molecular weight is 236 g/mol. The molecule has 1 rings (SSSR count). The molecule has 0 aliphatic carbocycles. The van der Waals surface area contributed by atoms with Crippen molar-refractivity contribution in [3.8, 4) is 0 Å². The van der Waals surface area contributed by atoms with Crippen LogP contribution in [0.5, 0.6) is 0 Å². The van der Waals surface area contributed by atoms with Crippen molar-refractivity contribution in [2.24, 2.45) is 0 Å². The Morgan fingerprint density at radius 1 is 1.29 bits per heavy atom. The molecule has 4 heteroatoms. The first-order valence-corrected chi connectivity index (χ1v) is 5.45. The predicted molar refractivity (Wildman–Crippen MR) is 62.3 cm³/mol. The Morgan fingerprint density at radius 3 is 2.35 bits per heavy atom. The van der Waals surface area contributed by atoms with Crippen LogP contribution in [-0.2, 0) is 19.9 Å². The van der Waals surface area contributed by atoms with E-state index in [0.29, 0.717) is 5.56 Å². The number of hydrogen-bond acceptors (Lipinski definition) is 4. The molecule has 0 saturated carbocycles. The molecule has 0 amide bonds. The first kappa shape index (κ1) is 13.4. The maximum atomic E-state index is 11.8. The molecule has 0 saturated heterocycles. The van der Waals surface area contributed by atoms with Gasteiger partial charge in [-0.15, -0.1) is 0 Å². The van der Waals surface area contributed by atoms with Gasteiger partial charge in [-0.05, 0) is 19.4 Å². The third-order valence-corrected chi connectivity index (χ3v) is 2.37. The van der Waals surface area contributed by atoms with Gasteiger partial charge >= 0.3 is 5.97 Å². The number of benzene rings is 1. The minimum Gasteiger partial charge on any atom is -0.464 e. The first-order valence-electron chi connectivity index (χ1n) is 5.45. The zero-order chi connectivity index (χ0) is 12.9. The normalized spacial score (nSPS) is 13.8. The van der Waals surface area contributed by atoms with Crippen LogP contribution in [0.3, 0.4) is 0 Å². The number of ether oxygens (including phenoxy) is 1. The Bertz CT molecular complexity index is 399. The summed E-state index contributed by atoms with van der Waals surface area (Å²) in [6, 6.07) is 8.35. The highest BCUT2D eigenvalue weighted by molar-refractivity contribution is 5.88. The number of esters is 1. The van der Waals surface area contributed by atoms with Crippen molar-refractivity contribution in [1.29, 1.82) is 0 Å². The fourth-order valence-corrected chi connectivity index (χ4v) is 1.62. The maximum Gasteiger partial charge on any atom is 0.343 e. The Balaban J connectivity index is 3.10. The van der Waals surface area contributed by atoms with Crippen molar-refractivity contribution in [2.75, 3.05) is 6.61 Å². The van der Waals surface area contributed by atoms with Gasteiger partial charge in [0.25, 0.3) is 0 Å². The van der Waals surface area contributed by atoms with Gasteiger partial charge in [0, 0.05) is 6.42 Å². The van der Waals surface area contributed by atoms with Gasteiger partial charge in [-0.2, -0.15) is 0 Å². The van der Waals surface area contributed by atoms with Crippen LogP contribution >= 0.6 is 0 Å². The van der Waals surface area contributed by atoms with Crippen molar-refractivity contribution in [2.45, 2.75) is 25.9 Å². The molecule has 0 aliphatic heterocycles. The maximum absolute atomic E-state index is 11.8. The molecule has 0 heterocycles. The Morgan fingerprint density at radius 2 is 1.88 bits per heavy atom. The van der Waals surface area contributed by atoms with E-state index in [0.717, 1.165) is 0 Å². The molecule has 0 aliphatic rings. The van der Waals surface area contributed by atoms with Crippen LogP contribution in [-0.4, -0.2) is 23.5 Å². The average Bonchev–Trinajstić information content (AvgIpc) is 2.29. The molecule has 0 unspecified atom stereocenters. The van der Waals surface area contributed by atoms with Gasteiger partial charge in [0.1, 0.15) is 5.78 Å². The first-order chi connectivity index (χ1) is 8.00. The number of hydrogen-bond donors (Lipinski definition) is 1. The summed E-state index contributed by atoms with van der Waals surface area (Å²) in [4.78, 5) is 23.0. The second-order valence-electron chi connectivity index (χ2n) is 3.83. The molecule has 0 fully saturated rings. The second kappa shape index (κ2) is 5.59. The molecule has 0 aromatic heterocycles. The van der Waals surface area contributed by atoms with Crippen LogP contribution in [0.1, 0.15) is 25.8 Å². The highest BCUT2D eigenvalue weighted by Crippen LogP contribution is 2.27. The molecular formula is C13H16O4. The van der Waals surface area contributed by atoms with Crippen LogP contribution in [0.25, 0.3) is 0 Å². The van der Waals surface area contributed by atoms with E-state index in [1.807, 2.05) is 0 Å². The lowest BCUT2D eigenvalue weighted by Crippen LogP contribution is -2.39. The van der Waals surface area contributed by atoms with E-state index in [1.54, 1.807) is 37.3 Å². The van der Waals surface area contributed by atoms with Crippen LogP contribution in [0, 0.1) is 0 Å². The standard InChI is InChI=1S/C13H16O4/c1-3-17-12(15)13(16,9-10(2)14)11-7-5-4-6-8-11/h4-8,16H,3,9H2,1-2H3/t13-/m0/s1. The van der Waals surface area contributed by atoms with E-state index in [2.05, 4.69) is 0 Å². The van der Waals surface area contributed by atoms with Crippen molar-refractivity contribution < 1.29 is 19.4 Å². The van der Waals surface area contributed by atoms with Gasteiger partial charge < -0.3 is 9.84 Å². The van der Waals surface area contributed by atoms with E-state index in [-0.39, 0.29) is 18.8 Å². The smallest absolute Gasteiger partial charge is 0.343 e. The SMILES string of the molecule is CCOC(=O)[C@](O)(CC(C)=O)c1ccccc1. The summed E-state index contributed by atoms with van der Waals surface area (Å²) in [5, 5.41) is 10.4. The topological polar surface area (TPSA) is 63.6 Å². The monoisotopic (exact) mass is 236 g/mol. The number of carbonyl (C=O) groups is 2. The summed E-state index contributed by atoms with van der Waals surface area (Å²) in [5.41, 5.74) is -1.52. The van der Waals surface area contributed by atoms with E-state index >= 15 is 0 Å². The number of carbonyl (C=O) groups excluding carboxylic acids is 2. The number of ketones is 1. The molecule has 0 spiro atoms. The van der Waals surface area contributed by atoms with Crippen LogP contribution in [0.2, 0.25) is 0 Å². The second-order valence-corrected chi connectivity index (χ2v) is 3.83. The fraction of sp³-hybridized carbons (Fsp3) is 0.385. The minimum atomic E-state index is -1.89. The molecule has 1 aromatic rings. The third-order valence-electron chi connectivity index (χ3n) is 2.37. The van der Waals surface area contributed by atoms with Crippen molar-refractivity contribution in [3.63, 3.8) is 0 Å². The Labute approximate surface area is 100 Å². The van der Waals surface area contributed by atoms with E-state index < -0.39 is 11.6 Å². The van der Waals surface area contributed by atoms with Gasteiger partial charge in [-0.1, -0.05) is 30.3 Å². The van der Waals surface area contributed by atoms with Crippen LogP contribution in [0.15, 0.2) is 30.3 Å². The number of rotatable bonds is 5. The summed E-state index contributed by atoms with van der Waals surface area (Å²) < 4.78 is 4.82. The van der Waals surface area contributed by atoms with Gasteiger partial charge in [-0.25, -0.2) is 4.79 Å². The highest BCUT2D eigenvalue weighted by atomic mass is 16.5. The zero-order valence-electron chi connectivity index (χ0n) is 9.97. The van der Waals surface area contributed by atoms with Gasteiger partial charge in [0.2, 0.25) is 0 Å². The number of Topliss-reactive ketones (excluding diaryl/α,β-unsaturated/α-hetero) is 1. The molecule has 0 radical (unpaired) electrons. The van der Waals surface area contributed by atoms with Gasteiger partial charge in [0.05, 0.1) is 6.61 Å². The van der Waals surface area contributed by atoms with E-state index in [1.165, 1.54) is 6.92 Å². The molecule has 17 heavy (non-hydrogen) atoms. The third kappa shape index (κ3) is 3.14. The summed E-state index contributed by atoms with van der Waals surface area (Å²) in [5.74, 6) is -1.06. The van der Waals surface area contributed by atoms with Crippen LogP contribution < -0.4 is 0 Å². The highest BCUT2D eigenvalue weighted by Gasteiger charge is 2.40. The van der Waals surface area contributed by atoms with Crippen LogP contribution in [0.4, 0.5) is 0 Å². The summed E-state index contributed by atoms with van der Waals surface area (Å²) in [7, 11) is 0. The molecular weight excluding hydrogens is 220 g/mol. The lowest BCUT2D eigenvalue weighted by molar-refractivity contribution is -0.168. The van der Waals surface area contributed by atoms with Crippen molar-refractivity contribution in [1.82, 2.24) is 0 Å². The summed E-state index contributed by atoms with van der Waals surface area (Å²) in [6.07, 6.45) is -0.282. The van der Waals surface area contributed by atoms with Gasteiger partial charge in [0.15, 0.2) is 5.60 Å². The summed E-state index contributed by atoms with van der Waals surface area (Å²) >= 11 is 0. The molecule has 92 valence electrons. The lowest BCUT2D eigenvalue weighted by Gasteiger charge is -2.25. The number of aliphatic hydroxyl groups is 1. The van der Waals surface area contributed by atoms with Crippen molar-refractivity contribution in [3.05, 3.63) is 35.9 Å².